The molecule has 1 aromatic heterocycles. The molecule has 0 aliphatic carbocycles. The van der Waals surface area contributed by atoms with Crippen LogP contribution in [-0.2, 0) is 16.0 Å². The molecule has 0 N–H and O–H groups in total. The summed E-state index contributed by atoms with van der Waals surface area (Å²) < 4.78 is 27.0. The molecule has 0 bridgehead atoms. The van der Waals surface area contributed by atoms with Gasteiger partial charge in [-0.2, -0.15) is 4.98 Å². The molecular weight excluding hydrogens is 504 g/mol. The number of hydrogen-bond donors (Lipinski definition) is 0. The van der Waals surface area contributed by atoms with Crippen molar-refractivity contribution in [2.24, 2.45) is 0 Å². The molecule has 3 aromatic rings. The van der Waals surface area contributed by atoms with Crippen molar-refractivity contribution in [1.82, 2.24) is 19.9 Å². The highest BCUT2D eigenvalue weighted by Crippen LogP contribution is 2.25. The Bertz CT molecular complexity index is 1250. The van der Waals surface area contributed by atoms with Crippen molar-refractivity contribution in [3.05, 3.63) is 54.4 Å². The molecular formula is C28H32N4O7. The molecule has 0 saturated carbocycles. The van der Waals surface area contributed by atoms with Crippen molar-refractivity contribution < 1.29 is 33.1 Å². The van der Waals surface area contributed by atoms with E-state index < -0.39 is 0 Å². The molecule has 2 saturated heterocycles. The molecule has 3 heterocycles. The molecule has 1 unspecified atom stereocenters. The predicted molar refractivity (Wildman–Crippen MR) is 140 cm³/mol. The molecule has 2 aliphatic heterocycles. The van der Waals surface area contributed by atoms with Gasteiger partial charge in [0.1, 0.15) is 23.9 Å². The quantitative estimate of drug-likeness (QED) is 0.383. The van der Waals surface area contributed by atoms with E-state index in [9.17, 15) is 9.59 Å². The van der Waals surface area contributed by atoms with Gasteiger partial charge in [0, 0.05) is 37.5 Å². The number of benzene rings is 2. The van der Waals surface area contributed by atoms with Crippen molar-refractivity contribution in [3.63, 3.8) is 0 Å². The minimum absolute atomic E-state index is 0.0346. The van der Waals surface area contributed by atoms with Gasteiger partial charge in [-0.1, -0.05) is 5.16 Å². The maximum Gasteiger partial charge on any atom is 0.410 e. The van der Waals surface area contributed by atoms with Gasteiger partial charge in [0.15, 0.2) is 6.10 Å². The van der Waals surface area contributed by atoms with Crippen LogP contribution in [0.1, 0.15) is 25.2 Å². The van der Waals surface area contributed by atoms with Crippen LogP contribution in [0.5, 0.6) is 17.2 Å². The first-order valence-electron chi connectivity index (χ1n) is 13.0. The van der Waals surface area contributed by atoms with Gasteiger partial charge in [-0.3, -0.25) is 4.79 Å². The lowest BCUT2D eigenvalue weighted by molar-refractivity contribution is -0.132. The molecule has 2 amide bonds. The van der Waals surface area contributed by atoms with Crippen LogP contribution in [0, 0.1) is 0 Å². The summed E-state index contributed by atoms with van der Waals surface area (Å²) in [5, 5.41) is 4.02. The van der Waals surface area contributed by atoms with Crippen molar-refractivity contribution in [3.8, 4) is 28.6 Å². The smallest absolute Gasteiger partial charge is 0.410 e. The molecule has 2 fully saturated rings. The van der Waals surface area contributed by atoms with Crippen molar-refractivity contribution in [2.45, 2.75) is 37.8 Å². The third-order valence-corrected chi connectivity index (χ3v) is 7.02. The average Bonchev–Trinajstić information content (AvgIpc) is 3.61. The molecule has 1 atom stereocenters. The van der Waals surface area contributed by atoms with Gasteiger partial charge in [-0.05, 0) is 61.4 Å². The monoisotopic (exact) mass is 536 g/mol. The van der Waals surface area contributed by atoms with E-state index in [2.05, 4.69) is 10.1 Å². The maximum atomic E-state index is 12.8. The average molecular weight is 537 g/mol. The van der Waals surface area contributed by atoms with Gasteiger partial charge in [-0.25, -0.2) is 4.79 Å². The second-order valence-electron chi connectivity index (χ2n) is 9.50. The Labute approximate surface area is 226 Å². The second-order valence-corrected chi connectivity index (χ2v) is 9.50. The van der Waals surface area contributed by atoms with Crippen LogP contribution in [0.4, 0.5) is 4.79 Å². The number of aromatic nitrogens is 2. The van der Waals surface area contributed by atoms with E-state index in [-0.39, 0.29) is 37.2 Å². The van der Waals surface area contributed by atoms with E-state index in [1.165, 1.54) is 0 Å². The standard InChI is InChI=1S/C28H32N4O7/c1-35-21-5-3-19(4-6-21)27-29-25(39-30-27)11-12-26(33)31-15-13-20(14-16-31)32-17-24(38-28(32)34)18-37-23-9-7-22(36-2)8-10-23/h3-10,20,24H,11-18H2,1-2H3. The Kier molecular flexibility index (Phi) is 8.14. The Morgan fingerprint density at radius 3 is 2.28 bits per heavy atom. The fourth-order valence-corrected chi connectivity index (χ4v) is 4.80. The summed E-state index contributed by atoms with van der Waals surface area (Å²) >= 11 is 0. The summed E-state index contributed by atoms with van der Waals surface area (Å²) in [6.45, 7) is 1.92. The third kappa shape index (κ3) is 6.42. The van der Waals surface area contributed by atoms with E-state index >= 15 is 0 Å². The third-order valence-electron chi connectivity index (χ3n) is 7.02. The normalized spacial score (nSPS) is 17.7. The topological polar surface area (TPSA) is 116 Å². The number of ether oxygens (including phenoxy) is 4. The second kappa shape index (κ2) is 12.1. The first-order valence-corrected chi connectivity index (χ1v) is 13.0. The molecule has 0 radical (unpaired) electrons. The molecule has 206 valence electrons. The largest absolute Gasteiger partial charge is 0.497 e. The van der Waals surface area contributed by atoms with Gasteiger partial charge in [0.2, 0.25) is 17.6 Å². The Morgan fingerprint density at radius 2 is 1.62 bits per heavy atom. The molecule has 5 rings (SSSR count). The van der Waals surface area contributed by atoms with Gasteiger partial charge in [0.25, 0.3) is 0 Å². The number of aryl methyl sites for hydroxylation is 1. The number of amides is 2. The summed E-state index contributed by atoms with van der Waals surface area (Å²) in [5.41, 5.74) is 0.814. The Hall–Kier alpha value is -4.28. The van der Waals surface area contributed by atoms with Gasteiger partial charge in [0.05, 0.1) is 20.8 Å². The maximum absolute atomic E-state index is 12.8. The fourth-order valence-electron chi connectivity index (χ4n) is 4.80. The zero-order valence-electron chi connectivity index (χ0n) is 22.1. The predicted octanol–water partition coefficient (Wildman–Crippen LogP) is 3.58. The number of nitrogens with zero attached hydrogens (tertiary/aromatic N) is 4. The van der Waals surface area contributed by atoms with Crippen LogP contribution in [-0.4, -0.2) is 84.5 Å². The van der Waals surface area contributed by atoms with E-state index in [1.807, 2.05) is 53.4 Å². The number of rotatable bonds is 10. The number of carbonyl (C=O) groups excluding carboxylic acids is 2. The number of methoxy groups -OCH3 is 2. The molecule has 11 heteroatoms. The van der Waals surface area contributed by atoms with E-state index in [0.29, 0.717) is 56.4 Å². The number of hydrogen-bond acceptors (Lipinski definition) is 9. The summed E-state index contributed by atoms with van der Waals surface area (Å²) in [4.78, 5) is 33.3. The van der Waals surface area contributed by atoms with E-state index in [4.69, 9.17) is 23.5 Å². The Morgan fingerprint density at radius 1 is 0.974 bits per heavy atom. The summed E-state index contributed by atoms with van der Waals surface area (Å²) in [5.74, 6) is 3.12. The SMILES string of the molecule is COc1ccc(OCC2CN(C3CCN(C(=O)CCc4nc(-c5ccc(OC)cc5)no4)CC3)C(=O)O2)cc1. The molecule has 0 spiro atoms. The first-order chi connectivity index (χ1) is 19.0. The minimum atomic E-state index is -0.337. The highest BCUT2D eigenvalue weighted by Gasteiger charge is 2.38. The minimum Gasteiger partial charge on any atom is -0.497 e. The zero-order valence-corrected chi connectivity index (χ0v) is 22.1. The van der Waals surface area contributed by atoms with Crippen molar-refractivity contribution in [2.75, 3.05) is 40.5 Å². The molecule has 2 aromatic carbocycles. The summed E-state index contributed by atoms with van der Waals surface area (Å²) in [7, 11) is 3.22. The first kappa shape index (κ1) is 26.3. The lowest BCUT2D eigenvalue weighted by Crippen LogP contribution is -2.47. The Balaban J connectivity index is 1.04. The molecule has 11 nitrogen and oxygen atoms in total. The molecule has 39 heavy (non-hydrogen) atoms. The zero-order chi connectivity index (χ0) is 27.2. The number of likely N-dealkylation sites (tertiary alicyclic amines) is 1. The lowest BCUT2D eigenvalue weighted by Gasteiger charge is -2.35. The number of cyclic esters (lactones) is 1. The van der Waals surface area contributed by atoms with Crippen molar-refractivity contribution >= 4 is 12.0 Å². The van der Waals surface area contributed by atoms with Crippen molar-refractivity contribution in [1.29, 1.82) is 0 Å². The van der Waals surface area contributed by atoms with Crippen LogP contribution in [0.25, 0.3) is 11.4 Å². The van der Waals surface area contributed by atoms with Crippen LogP contribution in [0.3, 0.4) is 0 Å². The highest BCUT2D eigenvalue weighted by molar-refractivity contribution is 5.76. The van der Waals surface area contributed by atoms with Crippen LogP contribution >= 0.6 is 0 Å². The van der Waals surface area contributed by atoms with Gasteiger partial charge in [-0.15, -0.1) is 0 Å². The summed E-state index contributed by atoms with van der Waals surface area (Å²) in [6.07, 6.45) is 1.40. The fraction of sp³-hybridized carbons (Fsp3) is 0.429. The number of carbonyl (C=O) groups is 2. The lowest BCUT2D eigenvalue weighted by atomic mass is 10.0. The van der Waals surface area contributed by atoms with Gasteiger partial charge >= 0.3 is 6.09 Å². The van der Waals surface area contributed by atoms with Crippen LogP contribution in [0.15, 0.2) is 53.1 Å². The van der Waals surface area contributed by atoms with E-state index in [0.717, 1.165) is 17.1 Å². The van der Waals surface area contributed by atoms with E-state index in [1.54, 1.807) is 19.1 Å². The number of piperidine rings is 1. The summed E-state index contributed by atoms with van der Waals surface area (Å²) in [6, 6.07) is 14.7. The van der Waals surface area contributed by atoms with Crippen LogP contribution in [0.2, 0.25) is 0 Å². The van der Waals surface area contributed by atoms with Crippen LogP contribution < -0.4 is 14.2 Å². The molecule has 2 aliphatic rings. The van der Waals surface area contributed by atoms with Gasteiger partial charge < -0.3 is 33.3 Å². The highest BCUT2D eigenvalue weighted by atomic mass is 16.6.